The maximum atomic E-state index is 11.1. The number of amides is 2. The Balaban J connectivity index is 2.46. The molecular weight excluding hydrogens is 180 g/mol. The van der Waals surface area contributed by atoms with Gasteiger partial charge in [0.2, 0.25) is 11.8 Å². The highest BCUT2D eigenvalue weighted by Crippen LogP contribution is 1.87. The fourth-order valence-electron chi connectivity index (χ4n) is 1.04. The molecule has 0 aromatic rings. The largest absolute Gasteiger partial charge is 0.352 e. The summed E-state index contributed by atoms with van der Waals surface area (Å²) in [4.78, 5) is 22.2. The van der Waals surface area contributed by atoms with Gasteiger partial charge in [-0.25, -0.2) is 0 Å². The van der Waals surface area contributed by atoms with Crippen molar-refractivity contribution in [3.8, 4) is 0 Å². The molecule has 1 rings (SSSR count). The standard InChI is InChI=1S/C10H14N2O2/c13-9-5-1-3-7-11-10(14)6-2-4-8-12-9/h1-4H,5-8H2,(H,11,14)(H,12,13)/b3-1+,4-2+. The van der Waals surface area contributed by atoms with Crippen LogP contribution >= 0.6 is 0 Å². The van der Waals surface area contributed by atoms with Crippen LogP contribution in [-0.2, 0) is 9.59 Å². The van der Waals surface area contributed by atoms with Gasteiger partial charge in [-0.3, -0.25) is 9.59 Å². The van der Waals surface area contributed by atoms with Gasteiger partial charge < -0.3 is 10.6 Å². The van der Waals surface area contributed by atoms with Gasteiger partial charge in [0.05, 0.1) is 0 Å². The molecule has 0 atom stereocenters. The summed E-state index contributed by atoms with van der Waals surface area (Å²) >= 11 is 0. The molecule has 14 heavy (non-hydrogen) atoms. The van der Waals surface area contributed by atoms with Gasteiger partial charge in [-0.1, -0.05) is 24.3 Å². The minimum absolute atomic E-state index is 0.00204. The second-order valence-corrected chi connectivity index (χ2v) is 2.96. The molecule has 0 saturated carbocycles. The Morgan fingerprint density at radius 2 is 1.21 bits per heavy atom. The lowest BCUT2D eigenvalue weighted by Gasteiger charge is -2.02. The van der Waals surface area contributed by atoms with Crippen LogP contribution in [0.5, 0.6) is 0 Å². The van der Waals surface area contributed by atoms with Crippen LogP contribution < -0.4 is 10.6 Å². The van der Waals surface area contributed by atoms with Crippen molar-refractivity contribution in [2.75, 3.05) is 13.1 Å². The van der Waals surface area contributed by atoms with E-state index in [0.29, 0.717) is 25.9 Å². The van der Waals surface area contributed by atoms with Crippen molar-refractivity contribution in [3.05, 3.63) is 24.3 Å². The number of hydrogen-bond donors (Lipinski definition) is 2. The van der Waals surface area contributed by atoms with E-state index in [0.717, 1.165) is 0 Å². The summed E-state index contributed by atoms with van der Waals surface area (Å²) < 4.78 is 0. The van der Waals surface area contributed by atoms with Gasteiger partial charge in [0.1, 0.15) is 0 Å². The first-order valence-corrected chi connectivity index (χ1v) is 4.62. The number of rotatable bonds is 0. The fraction of sp³-hybridized carbons (Fsp3) is 0.400. The van der Waals surface area contributed by atoms with Crippen LogP contribution in [0.25, 0.3) is 0 Å². The summed E-state index contributed by atoms with van der Waals surface area (Å²) in [6, 6.07) is 0. The average molecular weight is 194 g/mol. The lowest BCUT2D eigenvalue weighted by Crippen LogP contribution is -2.24. The topological polar surface area (TPSA) is 58.2 Å². The zero-order valence-corrected chi connectivity index (χ0v) is 7.95. The van der Waals surface area contributed by atoms with E-state index in [1.165, 1.54) is 0 Å². The summed E-state index contributed by atoms with van der Waals surface area (Å²) in [6.07, 6.45) is 7.79. The van der Waals surface area contributed by atoms with Crippen molar-refractivity contribution in [1.82, 2.24) is 10.6 Å². The predicted molar refractivity (Wildman–Crippen MR) is 53.5 cm³/mol. The average Bonchev–Trinajstić information content (AvgIpc) is 2.14. The second kappa shape index (κ2) is 5.96. The van der Waals surface area contributed by atoms with Gasteiger partial charge in [-0.2, -0.15) is 0 Å². The summed E-state index contributed by atoms with van der Waals surface area (Å²) in [5.74, 6) is -0.00407. The Kier molecular flexibility index (Phi) is 4.47. The van der Waals surface area contributed by atoms with E-state index in [1.807, 2.05) is 0 Å². The van der Waals surface area contributed by atoms with Gasteiger partial charge in [-0.05, 0) is 0 Å². The third kappa shape index (κ3) is 4.45. The maximum absolute atomic E-state index is 11.1. The smallest absolute Gasteiger partial charge is 0.224 e. The minimum Gasteiger partial charge on any atom is -0.352 e. The first-order chi connectivity index (χ1) is 6.79. The Hall–Kier alpha value is -1.58. The first kappa shape index (κ1) is 10.5. The highest BCUT2D eigenvalue weighted by Gasteiger charge is 1.98. The number of carbonyl (C=O) groups excluding carboxylic acids is 2. The van der Waals surface area contributed by atoms with Crippen molar-refractivity contribution in [2.45, 2.75) is 12.8 Å². The molecule has 4 nitrogen and oxygen atoms in total. The zero-order valence-electron chi connectivity index (χ0n) is 7.95. The van der Waals surface area contributed by atoms with E-state index in [2.05, 4.69) is 10.6 Å². The Morgan fingerprint density at radius 3 is 1.64 bits per heavy atom. The summed E-state index contributed by atoms with van der Waals surface area (Å²) in [6.45, 7) is 0.972. The fourth-order valence-corrected chi connectivity index (χ4v) is 1.04. The summed E-state index contributed by atoms with van der Waals surface area (Å²) in [7, 11) is 0. The van der Waals surface area contributed by atoms with Crippen LogP contribution in [-0.4, -0.2) is 24.9 Å². The third-order valence-corrected chi connectivity index (χ3v) is 1.77. The van der Waals surface area contributed by atoms with Crippen molar-refractivity contribution in [2.24, 2.45) is 0 Å². The lowest BCUT2D eigenvalue weighted by molar-refractivity contribution is -0.120. The van der Waals surface area contributed by atoms with Crippen LogP contribution in [0.1, 0.15) is 12.8 Å². The van der Waals surface area contributed by atoms with Crippen molar-refractivity contribution < 1.29 is 9.59 Å². The van der Waals surface area contributed by atoms with Crippen LogP contribution in [0.15, 0.2) is 24.3 Å². The van der Waals surface area contributed by atoms with Gasteiger partial charge in [-0.15, -0.1) is 0 Å². The Bertz CT molecular complexity index is 241. The van der Waals surface area contributed by atoms with Gasteiger partial charge in [0.15, 0.2) is 0 Å². The first-order valence-electron chi connectivity index (χ1n) is 4.62. The van der Waals surface area contributed by atoms with Gasteiger partial charge >= 0.3 is 0 Å². The number of nitrogens with one attached hydrogen (secondary N) is 2. The molecule has 76 valence electrons. The molecule has 1 aliphatic heterocycles. The molecule has 0 fully saturated rings. The highest BCUT2D eigenvalue weighted by atomic mass is 16.2. The molecule has 0 aromatic heterocycles. The van der Waals surface area contributed by atoms with Crippen molar-refractivity contribution in [3.63, 3.8) is 0 Å². The molecular formula is C10H14N2O2. The van der Waals surface area contributed by atoms with E-state index in [9.17, 15) is 9.59 Å². The van der Waals surface area contributed by atoms with Crippen LogP contribution in [0, 0.1) is 0 Å². The van der Waals surface area contributed by atoms with E-state index >= 15 is 0 Å². The number of hydrogen-bond acceptors (Lipinski definition) is 2. The van der Waals surface area contributed by atoms with Crippen LogP contribution in [0.2, 0.25) is 0 Å². The molecule has 0 saturated heterocycles. The van der Waals surface area contributed by atoms with E-state index in [-0.39, 0.29) is 11.8 Å². The molecule has 0 unspecified atom stereocenters. The Labute approximate surface area is 83.1 Å². The molecule has 2 N–H and O–H groups in total. The highest BCUT2D eigenvalue weighted by molar-refractivity contribution is 5.78. The Morgan fingerprint density at radius 1 is 0.786 bits per heavy atom. The number of carbonyl (C=O) groups is 2. The molecule has 0 aliphatic carbocycles. The van der Waals surface area contributed by atoms with Gasteiger partial charge in [0, 0.05) is 25.9 Å². The maximum Gasteiger partial charge on any atom is 0.224 e. The predicted octanol–water partition coefficient (Wildman–Crippen LogP) is 0.125. The quantitative estimate of drug-likeness (QED) is 0.538. The summed E-state index contributed by atoms with van der Waals surface area (Å²) in [5, 5.41) is 5.41. The van der Waals surface area contributed by atoms with Gasteiger partial charge in [0.25, 0.3) is 0 Å². The van der Waals surface area contributed by atoms with Crippen LogP contribution in [0.4, 0.5) is 0 Å². The second-order valence-electron chi connectivity index (χ2n) is 2.96. The molecule has 2 amide bonds. The lowest BCUT2D eigenvalue weighted by atomic mass is 10.3. The van der Waals surface area contributed by atoms with E-state index in [1.54, 1.807) is 24.3 Å². The molecule has 1 heterocycles. The van der Waals surface area contributed by atoms with E-state index < -0.39 is 0 Å². The molecule has 0 bridgehead atoms. The molecule has 4 heteroatoms. The molecule has 0 radical (unpaired) electrons. The monoisotopic (exact) mass is 194 g/mol. The molecule has 0 aromatic carbocycles. The summed E-state index contributed by atoms with van der Waals surface area (Å²) in [5.41, 5.74) is 0. The molecule has 1 aliphatic rings. The SMILES string of the molecule is O=C1C/C=C/CNC(=O)C/C=C/CN1. The van der Waals surface area contributed by atoms with Crippen molar-refractivity contribution in [1.29, 1.82) is 0 Å². The molecule has 0 spiro atoms. The zero-order chi connectivity index (χ0) is 10.2. The third-order valence-electron chi connectivity index (χ3n) is 1.77. The van der Waals surface area contributed by atoms with E-state index in [4.69, 9.17) is 0 Å². The van der Waals surface area contributed by atoms with Crippen LogP contribution in [0.3, 0.4) is 0 Å². The normalized spacial score (nSPS) is 23.7. The van der Waals surface area contributed by atoms with Crippen molar-refractivity contribution >= 4 is 11.8 Å². The minimum atomic E-state index is -0.00204.